The molecular weight excluding hydrogens is 316 g/mol. The molecule has 0 saturated heterocycles. The SMILES string of the molecule is COc1cc(F)c(C(O)C(C(F)(F)F)C(F)(F)F)c(F)c1. The van der Waals surface area contributed by atoms with Gasteiger partial charge in [0.2, 0.25) is 0 Å². The summed E-state index contributed by atoms with van der Waals surface area (Å²) in [7, 11) is 0.985. The highest BCUT2D eigenvalue weighted by molar-refractivity contribution is 5.32. The lowest BCUT2D eigenvalue weighted by Gasteiger charge is -2.28. The largest absolute Gasteiger partial charge is 0.497 e. The van der Waals surface area contributed by atoms with Crippen LogP contribution in [0.5, 0.6) is 5.75 Å². The molecule has 0 aromatic heterocycles. The molecule has 0 saturated carbocycles. The highest BCUT2D eigenvalue weighted by Gasteiger charge is 2.61. The topological polar surface area (TPSA) is 29.5 Å². The third-order valence-electron chi connectivity index (χ3n) is 2.61. The molecule has 0 aliphatic carbocycles. The van der Waals surface area contributed by atoms with Gasteiger partial charge in [0.15, 0.2) is 5.92 Å². The van der Waals surface area contributed by atoms with Crippen LogP contribution >= 0.6 is 0 Å². The van der Waals surface area contributed by atoms with Gasteiger partial charge in [-0.25, -0.2) is 8.78 Å². The summed E-state index contributed by atoms with van der Waals surface area (Å²) >= 11 is 0. The van der Waals surface area contributed by atoms with Gasteiger partial charge in [-0.1, -0.05) is 0 Å². The molecule has 1 N–H and O–H groups in total. The van der Waals surface area contributed by atoms with Crippen molar-refractivity contribution in [2.24, 2.45) is 5.92 Å². The van der Waals surface area contributed by atoms with E-state index in [9.17, 15) is 40.2 Å². The van der Waals surface area contributed by atoms with Gasteiger partial charge in [0.05, 0.1) is 12.7 Å². The summed E-state index contributed by atoms with van der Waals surface area (Å²) in [6.45, 7) is 0. The fourth-order valence-corrected chi connectivity index (χ4v) is 1.67. The minimum atomic E-state index is -5.93. The monoisotopic (exact) mass is 324 g/mol. The summed E-state index contributed by atoms with van der Waals surface area (Å²) in [5.41, 5.74) is -1.73. The average Bonchev–Trinajstić information content (AvgIpc) is 2.23. The van der Waals surface area contributed by atoms with E-state index in [4.69, 9.17) is 0 Å². The normalized spacial score (nSPS) is 14.4. The second-order valence-electron chi connectivity index (χ2n) is 4.01. The first-order valence-corrected chi connectivity index (χ1v) is 5.24. The zero-order chi connectivity index (χ0) is 16.6. The molecule has 1 atom stereocenters. The highest BCUT2D eigenvalue weighted by Crippen LogP contribution is 2.47. The first-order valence-electron chi connectivity index (χ1n) is 5.24. The smallest absolute Gasteiger partial charge is 0.403 e. The summed E-state index contributed by atoms with van der Waals surface area (Å²) in [4.78, 5) is 0. The maximum absolute atomic E-state index is 13.5. The molecule has 0 spiro atoms. The average molecular weight is 324 g/mol. The summed E-state index contributed by atoms with van der Waals surface area (Å²) in [6, 6.07) is 0.733. The Kier molecular flexibility index (Phi) is 4.71. The van der Waals surface area contributed by atoms with Crippen LogP contribution in [0.1, 0.15) is 11.7 Å². The number of rotatable bonds is 3. The van der Waals surface area contributed by atoms with Crippen LogP contribution in [0.25, 0.3) is 0 Å². The van der Waals surface area contributed by atoms with Gasteiger partial charge in [0.25, 0.3) is 0 Å². The fourth-order valence-electron chi connectivity index (χ4n) is 1.67. The van der Waals surface area contributed by atoms with Crippen molar-refractivity contribution in [3.05, 3.63) is 29.3 Å². The predicted molar refractivity (Wildman–Crippen MR) is 53.5 cm³/mol. The van der Waals surface area contributed by atoms with E-state index in [0.717, 1.165) is 7.11 Å². The number of aliphatic hydroxyl groups excluding tert-OH is 1. The Hall–Kier alpha value is -1.58. The van der Waals surface area contributed by atoms with Gasteiger partial charge in [-0.2, -0.15) is 26.3 Å². The Balaban J connectivity index is 3.38. The van der Waals surface area contributed by atoms with Crippen LogP contribution in [0.15, 0.2) is 12.1 Å². The van der Waals surface area contributed by atoms with E-state index >= 15 is 0 Å². The second-order valence-corrected chi connectivity index (χ2v) is 4.01. The van der Waals surface area contributed by atoms with Crippen molar-refractivity contribution in [2.45, 2.75) is 18.5 Å². The molecule has 21 heavy (non-hydrogen) atoms. The van der Waals surface area contributed by atoms with Crippen LogP contribution in [-0.4, -0.2) is 24.6 Å². The quantitative estimate of drug-likeness (QED) is 0.858. The lowest BCUT2D eigenvalue weighted by molar-refractivity contribution is -0.308. The summed E-state index contributed by atoms with van der Waals surface area (Å²) in [5, 5.41) is 9.22. The molecule has 0 amide bonds. The number of aliphatic hydroxyl groups is 1. The third kappa shape index (κ3) is 3.74. The van der Waals surface area contributed by atoms with E-state index < -0.39 is 47.3 Å². The first-order chi connectivity index (χ1) is 9.39. The van der Waals surface area contributed by atoms with Gasteiger partial charge in [0.1, 0.15) is 23.5 Å². The fraction of sp³-hybridized carbons (Fsp3) is 0.455. The van der Waals surface area contributed by atoms with Crippen molar-refractivity contribution in [3.63, 3.8) is 0 Å². The Morgan fingerprint density at radius 2 is 1.33 bits per heavy atom. The summed E-state index contributed by atoms with van der Waals surface area (Å²) < 4.78 is 106. The molecule has 0 fully saturated rings. The van der Waals surface area contributed by atoms with Crippen molar-refractivity contribution in [1.29, 1.82) is 0 Å². The highest BCUT2D eigenvalue weighted by atomic mass is 19.4. The zero-order valence-electron chi connectivity index (χ0n) is 10.2. The molecule has 1 rings (SSSR count). The second kappa shape index (κ2) is 5.66. The molecule has 0 radical (unpaired) electrons. The van der Waals surface area contributed by atoms with Gasteiger partial charge in [0, 0.05) is 12.1 Å². The first kappa shape index (κ1) is 17.5. The predicted octanol–water partition coefficient (Wildman–Crippen LogP) is 3.75. The number of alkyl halides is 6. The Labute approximate surface area is 112 Å². The van der Waals surface area contributed by atoms with Crippen molar-refractivity contribution < 1.29 is 45.0 Å². The van der Waals surface area contributed by atoms with E-state index in [1.165, 1.54) is 0 Å². The van der Waals surface area contributed by atoms with Crippen LogP contribution in [0.4, 0.5) is 35.1 Å². The van der Waals surface area contributed by atoms with Crippen LogP contribution in [0, 0.1) is 17.6 Å². The number of halogens is 8. The molecular formula is C11H8F8O2. The Morgan fingerprint density at radius 1 is 0.952 bits per heavy atom. The van der Waals surface area contributed by atoms with Gasteiger partial charge >= 0.3 is 12.4 Å². The van der Waals surface area contributed by atoms with Gasteiger partial charge in [-0.05, 0) is 0 Å². The van der Waals surface area contributed by atoms with E-state index in [2.05, 4.69) is 4.74 Å². The minimum Gasteiger partial charge on any atom is -0.497 e. The molecule has 2 nitrogen and oxygen atoms in total. The molecule has 1 aromatic carbocycles. The number of benzene rings is 1. The maximum atomic E-state index is 13.5. The van der Waals surface area contributed by atoms with Crippen LogP contribution in [0.2, 0.25) is 0 Å². The standard InChI is InChI=1S/C11H8F8O2/c1-21-4-2-5(12)7(6(13)3-4)8(20)9(10(14,15)16)11(17,18)19/h2-3,8-9,20H,1H3. The number of ether oxygens (including phenoxy) is 1. The van der Waals surface area contributed by atoms with Gasteiger partial charge in [-0.15, -0.1) is 0 Å². The van der Waals surface area contributed by atoms with E-state index in [-0.39, 0.29) is 0 Å². The van der Waals surface area contributed by atoms with E-state index in [1.54, 1.807) is 0 Å². The molecule has 120 valence electrons. The number of methoxy groups -OCH3 is 1. The Morgan fingerprint density at radius 3 is 1.62 bits per heavy atom. The molecule has 0 bridgehead atoms. The maximum Gasteiger partial charge on any atom is 0.403 e. The van der Waals surface area contributed by atoms with Crippen LogP contribution in [0.3, 0.4) is 0 Å². The third-order valence-corrected chi connectivity index (χ3v) is 2.61. The van der Waals surface area contributed by atoms with E-state index in [0.29, 0.717) is 12.1 Å². The van der Waals surface area contributed by atoms with Gasteiger partial charge < -0.3 is 9.84 Å². The molecule has 0 heterocycles. The summed E-state index contributed by atoms with van der Waals surface area (Å²) in [5.74, 6) is -8.34. The van der Waals surface area contributed by atoms with Crippen molar-refractivity contribution in [1.82, 2.24) is 0 Å². The lowest BCUT2D eigenvalue weighted by atomic mass is 9.93. The Bertz CT molecular complexity index is 471. The van der Waals surface area contributed by atoms with Crippen molar-refractivity contribution in [3.8, 4) is 5.75 Å². The van der Waals surface area contributed by atoms with Crippen LogP contribution < -0.4 is 4.74 Å². The van der Waals surface area contributed by atoms with Crippen LogP contribution in [-0.2, 0) is 0 Å². The zero-order valence-corrected chi connectivity index (χ0v) is 10.2. The summed E-state index contributed by atoms with van der Waals surface area (Å²) in [6.07, 6.45) is -15.3. The van der Waals surface area contributed by atoms with Gasteiger partial charge in [-0.3, -0.25) is 0 Å². The van der Waals surface area contributed by atoms with Crippen molar-refractivity contribution >= 4 is 0 Å². The molecule has 1 unspecified atom stereocenters. The lowest BCUT2D eigenvalue weighted by Crippen LogP contribution is -2.41. The molecule has 1 aromatic rings. The minimum absolute atomic E-state index is 0.367. The van der Waals surface area contributed by atoms with E-state index in [1.807, 2.05) is 0 Å². The van der Waals surface area contributed by atoms with Crippen molar-refractivity contribution in [2.75, 3.05) is 7.11 Å². The number of hydrogen-bond donors (Lipinski definition) is 1. The molecule has 10 heteroatoms. The molecule has 0 aliphatic rings. The molecule has 0 aliphatic heterocycles. The number of hydrogen-bond acceptors (Lipinski definition) is 2.